The Kier molecular flexibility index (Phi) is 6.29. The third-order valence-electron chi connectivity index (χ3n) is 8.72. The van der Waals surface area contributed by atoms with E-state index in [9.17, 15) is 28.7 Å². The molecule has 208 valence electrons. The maximum absolute atomic E-state index is 14.3. The van der Waals surface area contributed by atoms with Crippen molar-refractivity contribution in [3.63, 3.8) is 0 Å². The minimum absolute atomic E-state index is 0.101. The second-order valence-corrected chi connectivity index (χ2v) is 12.9. The summed E-state index contributed by atoms with van der Waals surface area (Å²) in [5.74, 6) is -5.91. The molecule has 8 nitrogen and oxygen atoms in total. The number of phenols is 1. The van der Waals surface area contributed by atoms with Crippen LogP contribution in [0.25, 0.3) is 0 Å². The van der Waals surface area contributed by atoms with Crippen molar-refractivity contribution >= 4 is 75.1 Å². The predicted octanol–water partition coefficient (Wildman–Crippen LogP) is 4.34. The molecular formula is C28H22Cl2FIN2O6. The number of imide groups is 2. The molecule has 12 heteroatoms. The van der Waals surface area contributed by atoms with Crippen LogP contribution in [0.3, 0.4) is 0 Å². The summed E-state index contributed by atoms with van der Waals surface area (Å²) < 4.78 is 19.5. The van der Waals surface area contributed by atoms with E-state index < -0.39 is 51.1 Å². The molecule has 2 aliphatic carbocycles. The van der Waals surface area contributed by atoms with Crippen LogP contribution in [0.1, 0.15) is 24.3 Å². The molecule has 2 aromatic carbocycles. The highest BCUT2D eigenvalue weighted by atomic mass is 127. The van der Waals surface area contributed by atoms with Crippen LogP contribution >= 0.6 is 45.8 Å². The van der Waals surface area contributed by atoms with Crippen LogP contribution in [0.2, 0.25) is 0 Å². The molecule has 2 aliphatic heterocycles. The molecule has 40 heavy (non-hydrogen) atoms. The fraction of sp³-hybridized carbons (Fsp3) is 0.357. The van der Waals surface area contributed by atoms with Gasteiger partial charge in [0.1, 0.15) is 5.82 Å². The van der Waals surface area contributed by atoms with Gasteiger partial charge in [0.25, 0.3) is 11.8 Å². The molecule has 0 spiro atoms. The Bertz CT molecular complexity index is 1550. The predicted molar refractivity (Wildman–Crippen MR) is 152 cm³/mol. The molecule has 6 atom stereocenters. The van der Waals surface area contributed by atoms with Gasteiger partial charge in [-0.3, -0.25) is 24.1 Å². The molecule has 2 heterocycles. The molecule has 6 rings (SSSR count). The number of methoxy groups -OCH3 is 1. The maximum atomic E-state index is 14.3. The van der Waals surface area contributed by atoms with Crippen molar-refractivity contribution in [3.05, 3.63) is 63.0 Å². The van der Waals surface area contributed by atoms with E-state index in [1.807, 2.05) is 28.7 Å². The summed E-state index contributed by atoms with van der Waals surface area (Å²) in [7, 11) is 2.81. The zero-order chi connectivity index (χ0) is 28.9. The summed E-state index contributed by atoms with van der Waals surface area (Å²) in [6.07, 6.45) is 1.91. The molecule has 0 bridgehead atoms. The van der Waals surface area contributed by atoms with Gasteiger partial charge in [-0.15, -0.1) is 23.2 Å². The number of nitrogens with zero attached hydrogens (tertiary/aromatic N) is 2. The Morgan fingerprint density at radius 2 is 1.73 bits per heavy atom. The van der Waals surface area contributed by atoms with Gasteiger partial charge >= 0.3 is 0 Å². The quantitative estimate of drug-likeness (QED) is 0.222. The number of carbonyl (C=O) groups excluding carboxylic acids is 4. The van der Waals surface area contributed by atoms with Gasteiger partial charge < -0.3 is 9.84 Å². The number of anilines is 1. The number of phenolic OH excluding ortho intramolecular Hbond substituents is 1. The van der Waals surface area contributed by atoms with Gasteiger partial charge in [-0.25, -0.2) is 9.29 Å². The lowest BCUT2D eigenvalue weighted by molar-refractivity contribution is -0.138. The molecule has 1 saturated carbocycles. The Labute approximate surface area is 252 Å². The van der Waals surface area contributed by atoms with Crippen LogP contribution in [-0.2, 0) is 19.2 Å². The summed E-state index contributed by atoms with van der Waals surface area (Å²) in [4.78, 5) is 52.5. The van der Waals surface area contributed by atoms with Crippen molar-refractivity contribution in [2.75, 3.05) is 19.1 Å². The average Bonchev–Trinajstić information content (AvgIpc) is 3.24. The fourth-order valence-electron chi connectivity index (χ4n) is 6.85. The topological polar surface area (TPSA) is 104 Å². The summed E-state index contributed by atoms with van der Waals surface area (Å²) in [6, 6.07) is 7.99. The van der Waals surface area contributed by atoms with Gasteiger partial charge in [-0.2, -0.15) is 0 Å². The Hall–Kier alpha value is -2.70. The first-order valence-corrected chi connectivity index (χ1v) is 14.3. The SMILES string of the molecule is COc1cc([C@H]2C3=CC[C@@H]4C(=O)N(C)C(=O)[C@@H]4[C@@H]3C[C@@]3(Cl)C(=O)N(c4ccc(F)cc4)C(=O)[C@@]23Cl)cc(I)c1O. The van der Waals surface area contributed by atoms with Crippen LogP contribution in [0.4, 0.5) is 10.1 Å². The first kappa shape index (κ1) is 27.5. The zero-order valence-corrected chi connectivity index (χ0v) is 24.8. The highest BCUT2D eigenvalue weighted by Crippen LogP contribution is 2.66. The van der Waals surface area contributed by atoms with Crippen molar-refractivity contribution in [1.29, 1.82) is 0 Å². The normalized spacial score (nSPS) is 33.1. The fourth-order valence-corrected chi connectivity index (χ4v) is 8.41. The van der Waals surface area contributed by atoms with E-state index in [0.717, 1.165) is 21.9 Å². The summed E-state index contributed by atoms with van der Waals surface area (Å²) in [6.45, 7) is 0. The molecule has 0 aromatic heterocycles. The Morgan fingerprint density at radius 3 is 2.38 bits per heavy atom. The lowest BCUT2D eigenvalue weighted by Crippen LogP contribution is -2.60. The average molecular weight is 699 g/mol. The van der Waals surface area contributed by atoms with Crippen LogP contribution in [0.15, 0.2) is 48.0 Å². The lowest BCUT2D eigenvalue weighted by Gasteiger charge is -2.50. The van der Waals surface area contributed by atoms with E-state index in [1.165, 1.54) is 32.4 Å². The largest absolute Gasteiger partial charge is 0.504 e. The number of alkyl halides is 2. The molecule has 0 unspecified atom stereocenters. The molecule has 2 saturated heterocycles. The molecule has 0 radical (unpaired) electrons. The van der Waals surface area contributed by atoms with Crippen molar-refractivity contribution < 1.29 is 33.4 Å². The van der Waals surface area contributed by atoms with Crippen LogP contribution < -0.4 is 9.64 Å². The smallest absolute Gasteiger partial charge is 0.258 e. The Morgan fingerprint density at radius 1 is 1.05 bits per heavy atom. The van der Waals surface area contributed by atoms with Gasteiger partial charge in [0.15, 0.2) is 21.2 Å². The van der Waals surface area contributed by atoms with Gasteiger partial charge in [-0.1, -0.05) is 11.6 Å². The van der Waals surface area contributed by atoms with E-state index in [-0.39, 0.29) is 41.8 Å². The van der Waals surface area contributed by atoms with E-state index in [4.69, 9.17) is 27.9 Å². The van der Waals surface area contributed by atoms with Crippen molar-refractivity contribution in [2.45, 2.75) is 28.5 Å². The highest BCUT2D eigenvalue weighted by molar-refractivity contribution is 14.1. The first-order chi connectivity index (χ1) is 18.9. The molecule has 4 amide bonds. The number of carbonyl (C=O) groups is 4. The van der Waals surface area contributed by atoms with Crippen LogP contribution in [0.5, 0.6) is 11.5 Å². The van der Waals surface area contributed by atoms with Crippen LogP contribution in [-0.4, -0.2) is 57.5 Å². The lowest BCUT2D eigenvalue weighted by atomic mass is 9.56. The van der Waals surface area contributed by atoms with Crippen molar-refractivity contribution in [1.82, 2.24) is 4.90 Å². The van der Waals surface area contributed by atoms with E-state index in [2.05, 4.69) is 0 Å². The summed E-state index contributed by atoms with van der Waals surface area (Å²) in [5.41, 5.74) is 1.17. The number of allylic oxidation sites excluding steroid dienone is 2. The minimum Gasteiger partial charge on any atom is -0.504 e. The number of hydrogen-bond donors (Lipinski definition) is 1. The monoisotopic (exact) mass is 698 g/mol. The molecule has 4 aliphatic rings. The van der Waals surface area contributed by atoms with Crippen molar-refractivity contribution in [3.8, 4) is 11.5 Å². The number of ether oxygens (including phenoxy) is 1. The van der Waals surface area contributed by atoms with Gasteiger partial charge in [0, 0.05) is 13.0 Å². The number of amides is 4. The van der Waals surface area contributed by atoms with Crippen LogP contribution in [0, 0.1) is 27.1 Å². The number of rotatable bonds is 3. The minimum atomic E-state index is -2.06. The molecule has 2 aromatic rings. The number of hydrogen-bond acceptors (Lipinski definition) is 6. The molecule has 1 N–H and O–H groups in total. The van der Waals surface area contributed by atoms with E-state index >= 15 is 0 Å². The number of fused-ring (bicyclic) bond motifs is 4. The number of halogens is 4. The first-order valence-electron chi connectivity index (χ1n) is 12.5. The van der Waals surface area contributed by atoms with E-state index in [0.29, 0.717) is 14.7 Å². The number of aromatic hydroxyl groups is 1. The van der Waals surface area contributed by atoms with Gasteiger partial charge in [0.05, 0.1) is 28.2 Å². The second kappa shape index (κ2) is 9.15. The van der Waals surface area contributed by atoms with Crippen molar-refractivity contribution in [2.24, 2.45) is 17.8 Å². The molecule has 3 fully saturated rings. The second-order valence-electron chi connectivity index (χ2n) is 10.5. The highest BCUT2D eigenvalue weighted by Gasteiger charge is 2.76. The summed E-state index contributed by atoms with van der Waals surface area (Å²) in [5, 5.41) is 10.5. The third-order valence-corrected chi connectivity index (χ3v) is 11.0. The van der Waals surface area contributed by atoms with Gasteiger partial charge in [0.2, 0.25) is 11.8 Å². The Balaban J connectivity index is 1.60. The maximum Gasteiger partial charge on any atom is 0.258 e. The number of benzene rings is 2. The third kappa shape index (κ3) is 3.41. The number of likely N-dealkylation sites (tertiary alicyclic amines) is 1. The summed E-state index contributed by atoms with van der Waals surface area (Å²) >= 11 is 16.5. The zero-order valence-electron chi connectivity index (χ0n) is 21.2. The van der Waals surface area contributed by atoms with Gasteiger partial charge in [-0.05, 0) is 83.3 Å². The molecular weight excluding hydrogens is 677 g/mol. The van der Waals surface area contributed by atoms with E-state index in [1.54, 1.807) is 6.07 Å². The standard InChI is InChI=1S/C28H22Cl2FIN2O6/c1-33-23(36)16-8-7-15-17(20(16)24(33)37)11-27(29)25(38)34(14-5-3-13(31)4-6-14)26(39)28(27,30)21(15)12-9-18(32)22(35)19(10-12)40-2/h3-7,9-10,16-17,20-21,35H,8,11H2,1-2H3/t16-,17+,20-,21-,27+,28-/m0/s1.